The smallest absolute Gasteiger partial charge is 0.344 e. The molecule has 0 atom stereocenters. The Morgan fingerprint density at radius 1 is 1.33 bits per heavy atom. The zero-order chi connectivity index (χ0) is 19.2. The molecular weight excluding hydrogens is 384 g/mol. The van der Waals surface area contributed by atoms with Crippen LogP contribution >= 0.6 is 23.1 Å². The van der Waals surface area contributed by atoms with Gasteiger partial charge in [0.15, 0.2) is 5.16 Å². The van der Waals surface area contributed by atoms with Gasteiger partial charge in [0.2, 0.25) is 0 Å². The summed E-state index contributed by atoms with van der Waals surface area (Å²) < 4.78 is 6.90. The third-order valence-corrected chi connectivity index (χ3v) is 5.42. The highest BCUT2D eigenvalue weighted by atomic mass is 32.2. The number of ether oxygens (including phenoxy) is 1. The fourth-order valence-corrected chi connectivity index (χ4v) is 3.95. The molecular formula is C18H18N4O3S2. The van der Waals surface area contributed by atoms with Crippen molar-refractivity contribution in [3.8, 4) is 5.69 Å². The van der Waals surface area contributed by atoms with Crippen LogP contribution in [0.1, 0.15) is 17.6 Å². The van der Waals surface area contributed by atoms with Crippen molar-refractivity contribution in [1.29, 1.82) is 0 Å². The predicted molar refractivity (Wildman–Crippen MR) is 105 cm³/mol. The SMILES string of the molecule is CCOC(=O)/C(=C(/O)CSc1nncn1-c1ccccc1)c1nc(C)cs1. The first-order valence-corrected chi connectivity index (χ1v) is 10.1. The number of carbonyl (C=O) groups excluding carboxylic acids is 1. The van der Waals surface area contributed by atoms with Crippen LogP contribution in [0.4, 0.5) is 0 Å². The van der Waals surface area contributed by atoms with Crippen LogP contribution in [-0.2, 0) is 9.53 Å². The zero-order valence-electron chi connectivity index (χ0n) is 14.8. The van der Waals surface area contributed by atoms with E-state index in [-0.39, 0.29) is 23.7 Å². The lowest BCUT2D eigenvalue weighted by molar-refractivity contribution is -0.136. The molecule has 9 heteroatoms. The first-order chi connectivity index (χ1) is 13.1. The molecule has 3 aromatic rings. The van der Waals surface area contributed by atoms with E-state index in [1.165, 1.54) is 23.1 Å². The molecule has 0 bridgehead atoms. The van der Waals surface area contributed by atoms with E-state index < -0.39 is 5.97 Å². The summed E-state index contributed by atoms with van der Waals surface area (Å²) in [5, 5.41) is 21.5. The number of thioether (sulfide) groups is 1. The third-order valence-electron chi connectivity index (χ3n) is 3.49. The molecule has 3 rings (SSSR count). The van der Waals surface area contributed by atoms with Crippen LogP contribution in [-0.4, -0.2) is 43.2 Å². The van der Waals surface area contributed by atoms with Gasteiger partial charge in [-0.05, 0) is 26.0 Å². The number of carbonyl (C=O) groups is 1. The van der Waals surface area contributed by atoms with E-state index in [0.717, 1.165) is 11.4 Å². The summed E-state index contributed by atoms with van der Waals surface area (Å²) in [5.41, 5.74) is 1.78. The Kier molecular flexibility index (Phi) is 6.25. The van der Waals surface area contributed by atoms with E-state index in [1.54, 1.807) is 13.3 Å². The van der Waals surface area contributed by atoms with Crippen molar-refractivity contribution in [2.45, 2.75) is 19.0 Å². The molecule has 0 saturated heterocycles. The Bertz CT molecular complexity index is 950. The maximum Gasteiger partial charge on any atom is 0.344 e. The quantitative estimate of drug-likeness (QED) is 0.279. The van der Waals surface area contributed by atoms with Gasteiger partial charge >= 0.3 is 5.97 Å². The normalized spacial score (nSPS) is 11.9. The summed E-state index contributed by atoms with van der Waals surface area (Å²) in [5.74, 6) is -0.553. The average Bonchev–Trinajstić information content (AvgIpc) is 3.30. The highest BCUT2D eigenvalue weighted by Crippen LogP contribution is 2.27. The van der Waals surface area contributed by atoms with Crippen molar-refractivity contribution in [3.63, 3.8) is 0 Å². The van der Waals surface area contributed by atoms with Gasteiger partial charge in [-0.25, -0.2) is 9.78 Å². The fourth-order valence-electron chi connectivity index (χ4n) is 2.29. The number of hydrogen-bond acceptors (Lipinski definition) is 8. The van der Waals surface area contributed by atoms with Crippen molar-refractivity contribution in [3.05, 3.63) is 58.5 Å². The molecule has 7 nitrogen and oxygen atoms in total. The largest absolute Gasteiger partial charge is 0.510 e. The van der Waals surface area contributed by atoms with Crippen molar-refractivity contribution in [2.24, 2.45) is 0 Å². The Morgan fingerprint density at radius 3 is 2.78 bits per heavy atom. The summed E-state index contributed by atoms with van der Waals surface area (Å²) in [6.07, 6.45) is 1.61. The number of para-hydroxylation sites is 1. The van der Waals surface area contributed by atoms with Crippen LogP contribution in [0.5, 0.6) is 0 Å². The summed E-state index contributed by atoms with van der Waals surface area (Å²) in [6.45, 7) is 3.77. The van der Waals surface area contributed by atoms with Gasteiger partial charge in [0.25, 0.3) is 0 Å². The molecule has 0 spiro atoms. The lowest BCUT2D eigenvalue weighted by atomic mass is 10.2. The summed E-state index contributed by atoms with van der Waals surface area (Å²) in [4.78, 5) is 16.6. The van der Waals surface area contributed by atoms with E-state index in [2.05, 4.69) is 15.2 Å². The summed E-state index contributed by atoms with van der Waals surface area (Å²) in [6, 6.07) is 9.64. The average molecular weight is 403 g/mol. The molecule has 2 aromatic heterocycles. The van der Waals surface area contributed by atoms with E-state index in [0.29, 0.717) is 10.2 Å². The molecule has 2 heterocycles. The minimum absolute atomic E-state index is 0.0910. The highest BCUT2D eigenvalue weighted by molar-refractivity contribution is 7.99. The molecule has 27 heavy (non-hydrogen) atoms. The second-order valence-corrected chi connectivity index (χ2v) is 7.24. The van der Waals surface area contributed by atoms with Crippen molar-refractivity contribution < 1.29 is 14.6 Å². The molecule has 0 unspecified atom stereocenters. The maximum absolute atomic E-state index is 12.3. The number of aromatic nitrogens is 4. The number of aliphatic hydroxyl groups is 1. The second-order valence-electron chi connectivity index (χ2n) is 5.44. The van der Waals surface area contributed by atoms with Crippen LogP contribution < -0.4 is 0 Å². The molecule has 1 aromatic carbocycles. The minimum atomic E-state index is -0.588. The number of rotatable bonds is 7. The highest BCUT2D eigenvalue weighted by Gasteiger charge is 2.22. The van der Waals surface area contributed by atoms with Crippen molar-refractivity contribution in [1.82, 2.24) is 19.7 Å². The number of hydrogen-bond donors (Lipinski definition) is 1. The van der Waals surface area contributed by atoms with E-state index in [1.807, 2.05) is 47.2 Å². The van der Waals surface area contributed by atoms with Gasteiger partial charge in [0, 0.05) is 16.8 Å². The van der Waals surface area contributed by atoms with Crippen LogP contribution in [0.2, 0.25) is 0 Å². The topological polar surface area (TPSA) is 90.1 Å². The van der Waals surface area contributed by atoms with Crippen molar-refractivity contribution in [2.75, 3.05) is 12.4 Å². The molecule has 140 valence electrons. The van der Waals surface area contributed by atoms with E-state index >= 15 is 0 Å². The second kappa shape index (κ2) is 8.83. The Hall–Kier alpha value is -2.65. The molecule has 0 aliphatic rings. The van der Waals surface area contributed by atoms with Gasteiger partial charge in [-0.1, -0.05) is 30.0 Å². The number of aryl methyl sites for hydroxylation is 1. The molecule has 0 saturated carbocycles. The van der Waals surface area contributed by atoms with Gasteiger partial charge in [0.1, 0.15) is 22.7 Å². The Morgan fingerprint density at radius 2 is 2.11 bits per heavy atom. The minimum Gasteiger partial charge on any atom is -0.510 e. The number of esters is 1. The standard InChI is InChI=1S/C18H18N4O3S2/c1-3-25-17(24)15(16-20-12(2)9-26-16)14(23)10-27-18-21-19-11-22(18)13-7-5-4-6-8-13/h4-9,11,23H,3,10H2,1-2H3/b15-14+. The molecule has 0 fully saturated rings. The van der Waals surface area contributed by atoms with Gasteiger partial charge in [-0.3, -0.25) is 4.57 Å². The molecule has 0 amide bonds. The maximum atomic E-state index is 12.3. The van der Waals surface area contributed by atoms with Gasteiger partial charge in [-0.2, -0.15) is 0 Å². The molecule has 1 N–H and O–H groups in total. The third kappa shape index (κ3) is 4.55. The molecule has 0 aliphatic heterocycles. The first kappa shape index (κ1) is 19.1. The Labute approximate surface area is 164 Å². The molecule has 0 aliphatic carbocycles. The van der Waals surface area contributed by atoms with Gasteiger partial charge in [-0.15, -0.1) is 21.5 Å². The first-order valence-electron chi connectivity index (χ1n) is 8.20. The zero-order valence-corrected chi connectivity index (χ0v) is 16.5. The lowest BCUT2D eigenvalue weighted by Gasteiger charge is -2.09. The number of aliphatic hydroxyl groups excluding tert-OH is 1. The van der Waals surface area contributed by atoms with Crippen LogP contribution in [0, 0.1) is 6.92 Å². The molecule has 0 radical (unpaired) electrons. The van der Waals surface area contributed by atoms with Crippen LogP contribution in [0.25, 0.3) is 11.3 Å². The Balaban J connectivity index is 1.85. The van der Waals surface area contributed by atoms with Gasteiger partial charge < -0.3 is 9.84 Å². The fraction of sp³-hybridized carbons (Fsp3) is 0.222. The number of nitrogens with zero attached hydrogens (tertiary/aromatic N) is 4. The number of benzene rings is 1. The lowest BCUT2D eigenvalue weighted by Crippen LogP contribution is -2.10. The van der Waals surface area contributed by atoms with Crippen LogP contribution in [0.3, 0.4) is 0 Å². The van der Waals surface area contributed by atoms with Crippen molar-refractivity contribution >= 4 is 34.6 Å². The van der Waals surface area contributed by atoms with E-state index in [9.17, 15) is 9.90 Å². The van der Waals surface area contributed by atoms with Gasteiger partial charge in [0.05, 0.1) is 12.4 Å². The summed E-state index contributed by atoms with van der Waals surface area (Å²) in [7, 11) is 0. The monoisotopic (exact) mass is 402 g/mol. The van der Waals surface area contributed by atoms with E-state index in [4.69, 9.17) is 4.74 Å². The van der Waals surface area contributed by atoms with Crippen LogP contribution in [0.15, 0.2) is 53.0 Å². The summed E-state index contributed by atoms with van der Waals surface area (Å²) >= 11 is 2.56. The predicted octanol–water partition coefficient (Wildman–Crippen LogP) is 3.66. The number of thiazole rings is 1.